The second-order valence-electron chi connectivity index (χ2n) is 4.67. The van der Waals surface area contributed by atoms with Crippen molar-refractivity contribution in [3.8, 4) is 0 Å². The maximum atomic E-state index is 3.60. The highest BCUT2D eigenvalue weighted by Gasteiger charge is 2.04. The Morgan fingerprint density at radius 1 is 1.07 bits per heavy atom. The van der Waals surface area contributed by atoms with Crippen molar-refractivity contribution < 1.29 is 0 Å². The molecule has 0 bridgehead atoms. The summed E-state index contributed by atoms with van der Waals surface area (Å²) in [6.45, 7) is 11.2. The molecule has 0 saturated heterocycles. The van der Waals surface area contributed by atoms with Crippen molar-refractivity contribution in [3.05, 3.63) is 12.2 Å². The number of rotatable bonds is 7. The molecule has 0 fully saturated rings. The fourth-order valence-electron chi connectivity index (χ4n) is 1.62. The second-order valence-corrected chi connectivity index (χ2v) is 4.67. The van der Waals surface area contributed by atoms with Crippen LogP contribution in [0.25, 0.3) is 0 Å². The van der Waals surface area contributed by atoms with Crippen molar-refractivity contribution in [1.82, 2.24) is 5.32 Å². The minimum Gasteiger partial charge on any atom is -0.311 e. The quantitative estimate of drug-likeness (QED) is 0.613. The summed E-state index contributed by atoms with van der Waals surface area (Å²) in [5.74, 6) is 0.676. The Morgan fingerprint density at radius 2 is 1.71 bits per heavy atom. The maximum Gasteiger partial charge on any atom is 0.00757 e. The molecule has 0 aliphatic heterocycles. The lowest BCUT2D eigenvalue weighted by Crippen LogP contribution is -2.33. The van der Waals surface area contributed by atoms with Crippen LogP contribution in [0, 0.1) is 5.92 Å². The Morgan fingerprint density at radius 3 is 2.21 bits per heavy atom. The van der Waals surface area contributed by atoms with Crippen molar-refractivity contribution in [3.63, 3.8) is 0 Å². The van der Waals surface area contributed by atoms with Crippen molar-refractivity contribution in [1.29, 1.82) is 0 Å². The summed E-state index contributed by atoms with van der Waals surface area (Å²) in [4.78, 5) is 0. The molecule has 0 radical (unpaired) electrons. The first-order chi connectivity index (χ1) is 6.56. The van der Waals surface area contributed by atoms with Crippen molar-refractivity contribution in [2.24, 2.45) is 5.92 Å². The third-order valence-electron chi connectivity index (χ3n) is 2.30. The van der Waals surface area contributed by atoms with E-state index in [-0.39, 0.29) is 0 Å². The van der Waals surface area contributed by atoms with Crippen LogP contribution in [0.4, 0.5) is 0 Å². The molecule has 0 rings (SSSR count). The molecule has 0 aromatic rings. The summed E-state index contributed by atoms with van der Waals surface area (Å²) in [6.07, 6.45) is 8.26. The van der Waals surface area contributed by atoms with Gasteiger partial charge in [-0.3, -0.25) is 0 Å². The molecule has 1 heteroatoms. The van der Waals surface area contributed by atoms with E-state index in [0.29, 0.717) is 18.0 Å². The van der Waals surface area contributed by atoms with Gasteiger partial charge in [0, 0.05) is 12.1 Å². The summed E-state index contributed by atoms with van der Waals surface area (Å²) in [6, 6.07) is 1.26. The smallest absolute Gasteiger partial charge is 0.00757 e. The predicted octanol–water partition coefficient (Wildman–Crippen LogP) is 3.76. The van der Waals surface area contributed by atoms with Crippen LogP contribution >= 0.6 is 0 Å². The van der Waals surface area contributed by atoms with Crippen LogP contribution < -0.4 is 5.32 Å². The van der Waals surface area contributed by atoms with Gasteiger partial charge in [-0.05, 0) is 32.6 Å². The van der Waals surface area contributed by atoms with Gasteiger partial charge < -0.3 is 5.32 Å². The highest BCUT2D eigenvalue weighted by atomic mass is 14.9. The minimum atomic E-state index is 0.603. The van der Waals surface area contributed by atoms with Crippen LogP contribution in [-0.4, -0.2) is 12.1 Å². The molecule has 0 spiro atoms. The van der Waals surface area contributed by atoms with Gasteiger partial charge in [0.1, 0.15) is 0 Å². The van der Waals surface area contributed by atoms with Crippen LogP contribution in [0.5, 0.6) is 0 Å². The first kappa shape index (κ1) is 13.7. The molecule has 2 unspecified atom stereocenters. The van der Waals surface area contributed by atoms with Gasteiger partial charge in [0.15, 0.2) is 0 Å². The molecule has 14 heavy (non-hydrogen) atoms. The maximum absolute atomic E-state index is 3.60. The first-order valence-electron chi connectivity index (χ1n) is 5.99. The number of nitrogens with one attached hydrogen (secondary N) is 1. The van der Waals surface area contributed by atoms with Crippen LogP contribution in [0.3, 0.4) is 0 Å². The molecule has 0 aromatic carbocycles. The lowest BCUT2D eigenvalue weighted by Gasteiger charge is -2.18. The molecule has 1 nitrogen and oxygen atoms in total. The van der Waals surface area contributed by atoms with E-state index in [0.717, 1.165) is 6.42 Å². The Hall–Kier alpha value is -0.300. The largest absolute Gasteiger partial charge is 0.311 e. The molecule has 0 saturated carbocycles. The summed E-state index contributed by atoms with van der Waals surface area (Å²) in [5, 5.41) is 3.60. The molecule has 0 amide bonds. The van der Waals surface area contributed by atoms with Crippen LogP contribution in [0.2, 0.25) is 0 Å². The van der Waals surface area contributed by atoms with Crippen molar-refractivity contribution in [2.45, 2.75) is 66.0 Å². The summed E-state index contributed by atoms with van der Waals surface area (Å²) in [7, 11) is 0. The van der Waals surface area contributed by atoms with E-state index in [2.05, 4.69) is 52.1 Å². The van der Waals surface area contributed by atoms with E-state index in [4.69, 9.17) is 0 Å². The standard InChI is InChI=1S/C13H27N/c1-6-8-12(4)14-13(5)10-7-9-11(2)3/h7,9,11-14H,6,8,10H2,1-5H3/b9-7+. The summed E-state index contributed by atoms with van der Waals surface area (Å²) in [5.41, 5.74) is 0. The fraction of sp³-hybridized carbons (Fsp3) is 0.846. The molecule has 84 valence electrons. The molecule has 0 heterocycles. The van der Waals surface area contributed by atoms with Crippen LogP contribution in [0.1, 0.15) is 53.9 Å². The van der Waals surface area contributed by atoms with Crippen molar-refractivity contribution in [2.75, 3.05) is 0 Å². The molecule has 0 aliphatic rings. The van der Waals surface area contributed by atoms with Gasteiger partial charge in [0.2, 0.25) is 0 Å². The molecule has 0 aliphatic carbocycles. The average molecular weight is 197 g/mol. The Balaban J connectivity index is 3.59. The lowest BCUT2D eigenvalue weighted by molar-refractivity contribution is 0.444. The number of allylic oxidation sites excluding steroid dienone is 1. The van der Waals surface area contributed by atoms with Crippen molar-refractivity contribution >= 4 is 0 Å². The third kappa shape index (κ3) is 8.31. The monoisotopic (exact) mass is 197 g/mol. The van der Waals surface area contributed by atoms with Gasteiger partial charge in [0.05, 0.1) is 0 Å². The first-order valence-corrected chi connectivity index (χ1v) is 5.99. The average Bonchev–Trinajstić information content (AvgIpc) is 2.03. The number of hydrogen-bond acceptors (Lipinski definition) is 1. The van der Waals surface area contributed by atoms with E-state index < -0.39 is 0 Å². The van der Waals surface area contributed by atoms with E-state index in [1.807, 2.05) is 0 Å². The van der Waals surface area contributed by atoms with E-state index in [1.54, 1.807) is 0 Å². The third-order valence-corrected chi connectivity index (χ3v) is 2.30. The van der Waals surface area contributed by atoms with Gasteiger partial charge in [0.25, 0.3) is 0 Å². The fourth-order valence-corrected chi connectivity index (χ4v) is 1.62. The van der Waals surface area contributed by atoms with E-state index >= 15 is 0 Å². The van der Waals surface area contributed by atoms with Gasteiger partial charge in [-0.15, -0.1) is 0 Å². The molecule has 2 atom stereocenters. The lowest BCUT2D eigenvalue weighted by atomic mass is 10.1. The highest BCUT2D eigenvalue weighted by Crippen LogP contribution is 2.02. The molecule has 0 aromatic heterocycles. The SMILES string of the molecule is CCCC(C)NC(C)C/C=C/C(C)C. The zero-order valence-electron chi connectivity index (χ0n) is 10.5. The number of hydrogen-bond donors (Lipinski definition) is 1. The molecular weight excluding hydrogens is 170 g/mol. The molecule has 1 N–H and O–H groups in total. The second kappa shape index (κ2) is 8.05. The predicted molar refractivity (Wildman–Crippen MR) is 65.6 cm³/mol. The Labute approximate surface area is 90.0 Å². The van der Waals surface area contributed by atoms with Crippen LogP contribution in [-0.2, 0) is 0 Å². The van der Waals surface area contributed by atoms with Gasteiger partial charge in [-0.25, -0.2) is 0 Å². The van der Waals surface area contributed by atoms with E-state index in [1.165, 1.54) is 12.8 Å². The van der Waals surface area contributed by atoms with E-state index in [9.17, 15) is 0 Å². The summed E-state index contributed by atoms with van der Waals surface area (Å²) < 4.78 is 0. The van der Waals surface area contributed by atoms with Crippen LogP contribution in [0.15, 0.2) is 12.2 Å². The Bertz CT molecular complexity index is 149. The summed E-state index contributed by atoms with van der Waals surface area (Å²) >= 11 is 0. The van der Waals surface area contributed by atoms with Gasteiger partial charge in [-0.2, -0.15) is 0 Å². The van der Waals surface area contributed by atoms with Gasteiger partial charge >= 0.3 is 0 Å². The normalized spacial score (nSPS) is 16.4. The Kier molecular flexibility index (Phi) is 7.87. The minimum absolute atomic E-state index is 0.603. The zero-order valence-corrected chi connectivity index (χ0v) is 10.5. The zero-order chi connectivity index (χ0) is 11.0. The highest BCUT2D eigenvalue weighted by molar-refractivity contribution is 4.87. The molecular formula is C13H27N. The van der Waals surface area contributed by atoms with Gasteiger partial charge in [-0.1, -0.05) is 39.3 Å². The topological polar surface area (TPSA) is 12.0 Å².